The van der Waals surface area contributed by atoms with Crippen molar-refractivity contribution in [2.75, 3.05) is 14.2 Å². The molecule has 0 fully saturated rings. The van der Waals surface area contributed by atoms with Gasteiger partial charge in [0, 0.05) is 17.7 Å². The second-order valence-corrected chi connectivity index (χ2v) is 4.54. The van der Waals surface area contributed by atoms with Crippen molar-refractivity contribution in [2.45, 2.75) is 6.61 Å². The van der Waals surface area contributed by atoms with Crippen molar-refractivity contribution in [1.82, 2.24) is 0 Å². The lowest BCUT2D eigenvalue weighted by atomic mass is 10.2. The number of hydrogen-bond acceptors (Lipinski definition) is 6. The summed E-state index contributed by atoms with van der Waals surface area (Å²) >= 11 is 0. The van der Waals surface area contributed by atoms with Crippen molar-refractivity contribution in [3.8, 4) is 11.5 Å². The highest BCUT2D eigenvalue weighted by Crippen LogP contribution is 2.28. The molecule has 0 bridgehead atoms. The number of nitro groups is 1. The van der Waals surface area contributed by atoms with Crippen molar-refractivity contribution in [3.63, 3.8) is 0 Å². The van der Waals surface area contributed by atoms with Crippen molar-refractivity contribution in [1.29, 1.82) is 0 Å². The number of rotatable bonds is 7. The molecule has 0 radical (unpaired) electrons. The molecule has 23 heavy (non-hydrogen) atoms. The van der Waals surface area contributed by atoms with E-state index in [-0.39, 0.29) is 12.3 Å². The molecule has 2 rings (SSSR count). The van der Waals surface area contributed by atoms with E-state index >= 15 is 0 Å². The Kier molecular flexibility index (Phi) is 5.51. The molecular formula is C16H16N2O5. The highest BCUT2D eigenvalue weighted by Gasteiger charge is 2.07. The molecule has 2 aromatic carbocycles. The van der Waals surface area contributed by atoms with Gasteiger partial charge >= 0.3 is 0 Å². The minimum Gasteiger partial charge on any atom is -0.493 e. The number of ether oxygens (including phenoxy) is 2. The van der Waals surface area contributed by atoms with Gasteiger partial charge in [0.05, 0.1) is 18.2 Å². The van der Waals surface area contributed by atoms with Gasteiger partial charge in [0.2, 0.25) is 0 Å². The fourth-order valence-corrected chi connectivity index (χ4v) is 1.87. The van der Waals surface area contributed by atoms with Crippen LogP contribution in [0.4, 0.5) is 5.69 Å². The zero-order chi connectivity index (χ0) is 16.7. The second-order valence-electron chi connectivity index (χ2n) is 4.54. The monoisotopic (exact) mass is 316 g/mol. The Hall–Kier alpha value is -3.09. The van der Waals surface area contributed by atoms with Crippen LogP contribution < -0.4 is 9.47 Å². The Bertz CT molecular complexity index is 698. The van der Waals surface area contributed by atoms with E-state index < -0.39 is 4.92 Å². The van der Waals surface area contributed by atoms with Crippen LogP contribution in [0, 0.1) is 10.1 Å². The molecular weight excluding hydrogens is 300 g/mol. The summed E-state index contributed by atoms with van der Waals surface area (Å²) in [5.41, 5.74) is 1.66. The molecule has 120 valence electrons. The Morgan fingerprint density at radius 1 is 1.13 bits per heavy atom. The summed E-state index contributed by atoms with van der Waals surface area (Å²) in [4.78, 5) is 14.8. The topological polar surface area (TPSA) is 83.2 Å². The summed E-state index contributed by atoms with van der Waals surface area (Å²) in [5, 5.41) is 14.3. The van der Waals surface area contributed by atoms with Gasteiger partial charge in [-0.2, -0.15) is 0 Å². The van der Waals surface area contributed by atoms with E-state index in [0.717, 1.165) is 11.1 Å². The first-order chi connectivity index (χ1) is 11.1. The molecule has 0 aromatic heterocycles. The van der Waals surface area contributed by atoms with Gasteiger partial charge < -0.3 is 14.3 Å². The average Bonchev–Trinajstić information content (AvgIpc) is 2.58. The van der Waals surface area contributed by atoms with Crippen LogP contribution in [-0.4, -0.2) is 25.4 Å². The number of oxime groups is 1. The third-order valence-corrected chi connectivity index (χ3v) is 3.04. The number of methoxy groups -OCH3 is 1. The number of hydrogen-bond donors (Lipinski definition) is 0. The minimum atomic E-state index is -0.438. The third-order valence-electron chi connectivity index (χ3n) is 3.04. The second kappa shape index (κ2) is 7.79. The largest absolute Gasteiger partial charge is 0.493 e. The zero-order valence-corrected chi connectivity index (χ0v) is 12.8. The first-order valence-electron chi connectivity index (χ1n) is 6.74. The van der Waals surface area contributed by atoms with Crippen LogP contribution in [0.15, 0.2) is 47.6 Å². The zero-order valence-electron chi connectivity index (χ0n) is 12.8. The number of non-ortho nitro benzene ring substituents is 1. The molecule has 0 N–H and O–H groups in total. The molecule has 0 amide bonds. The highest BCUT2D eigenvalue weighted by molar-refractivity contribution is 5.80. The molecule has 7 nitrogen and oxygen atoms in total. The molecule has 0 saturated heterocycles. The smallest absolute Gasteiger partial charge is 0.269 e. The maximum absolute atomic E-state index is 10.6. The lowest BCUT2D eigenvalue weighted by Crippen LogP contribution is -1.99. The Labute approximate surface area is 133 Å². The maximum atomic E-state index is 10.6. The number of nitro benzene ring substituents is 1. The molecule has 0 heterocycles. The predicted molar refractivity (Wildman–Crippen MR) is 85.0 cm³/mol. The molecule has 7 heteroatoms. The van der Waals surface area contributed by atoms with Crippen molar-refractivity contribution >= 4 is 11.9 Å². The fraction of sp³-hybridized carbons (Fsp3) is 0.188. The quantitative estimate of drug-likeness (QED) is 0.445. The molecule has 0 spiro atoms. The Morgan fingerprint density at radius 2 is 1.87 bits per heavy atom. The van der Waals surface area contributed by atoms with Crippen molar-refractivity contribution < 1.29 is 19.2 Å². The average molecular weight is 316 g/mol. The molecule has 2 aromatic rings. The lowest BCUT2D eigenvalue weighted by molar-refractivity contribution is -0.384. The Morgan fingerprint density at radius 3 is 2.48 bits per heavy atom. The van der Waals surface area contributed by atoms with Gasteiger partial charge in [-0.25, -0.2) is 0 Å². The molecule has 0 aliphatic rings. The molecule has 0 unspecified atom stereocenters. The summed E-state index contributed by atoms with van der Waals surface area (Å²) in [7, 11) is 3.02. The van der Waals surface area contributed by atoms with E-state index in [2.05, 4.69) is 9.99 Å². The van der Waals surface area contributed by atoms with E-state index in [4.69, 9.17) is 9.47 Å². The van der Waals surface area contributed by atoms with Gasteiger partial charge in [-0.05, 0) is 35.9 Å². The molecule has 0 aliphatic carbocycles. The van der Waals surface area contributed by atoms with Crippen LogP contribution >= 0.6 is 0 Å². The van der Waals surface area contributed by atoms with Crippen LogP contribution in [0.3, 0.4) is 0 Å². The van der Waals surface area contributed by atoms with Gasteiger partial charge in [0.1, 0.15) is 13.7 Å². The normalized spacial score (nSPS) is 10.5. The van der Waals surface area contributed by atoms with E-state index in [1.54, 1.807) is 37.6 Å². The van der Waals surface area contributed by atoms with Crippen LogP contribution in [0.25, 0.3) is 0 Å². The summed E-state index contributed by atoms with van der Waals surface area (Å²) in [6.45, 7) is 0.263. The molecule has 0 atom stereocenters. The van der Waals surface area contributed by atoms with Gasteiger partial charge in [0.15, 0.2) is 11.5 Å². The van der Waals surface area contributed by atoms with E-state index in [0.29, 0.717) is 11.5 Å². The minimum absolute atomic E-state index is 0.0455. The maximum Gasteiger partial charge on any atom is 0.269 e. The van der Waals surface area contributed by atoms with Gasteiger partial charge in [0.25, 0.3) is 5.69 Å². The summed E-state index contributed by atoms with van der Waals surface area (Å²) in [6.07, 6.45) is 1.55. The Balaban J connectivity index is 2.11. The van der Waals surface area contributed by atoms with E-state index in [1.807, 2.05) is 6.07 Å². The first kappa shape index (κ1) is 16.3. The van der Waals surface area contributed by atoms with E-state index in [9.17, 15) is 10.1 Å². The van der Waals surface area contributed by atoms with Crippen LogP contribution in [0.5, 0.6) is 11.5 Å². The van der Waals surface area contributed by atoms with Crippen molar-refractivity contribution in [3.05, 3.63) is 63.7 Å². The predicted octanol–water partition coefficient (Wildman–Crippen LogP) is 3.16. The summed E-state index contributed by atoms with van der Waals surface area (Å²) in [6, 6.07) is 11.5. The van der Waals surface area contributed by atoms with E-state index in [1.165, 1.54) is 19.2 Å². The van der Waals surface area contributed by atoms with Crippen LogP contribution in [-0.2, 0) is 11.4 Å². The molecule has 0 saturated carbocycles. The summed E-state index contributed by atoms with van der Waals surface area (Å²) in [5.74, 6) is 1.13. The lowest BCUT2D eigenvalue weighted by Gasteiger charge is -2.11. The van der Waals surface area contributed by atoms with Crippen LogP contribution in [0.2, 0.25) is 0 Å². The SMILES string of the molecule is CON=Cc1ccc(OC)c(OCc2ccc([N+](=O)[O-])cc2)c1. The first-order valence-corrected chi connectivity index (χ1v) is 6.74. The summed E-state index contributed by atoms with van der Waals surface area (Å²) < 4.78 is 11.0. The molecule has 0 aliphatic heterocycles. The van der Waals surface area contributed by atoms with Gasteiger partial charge in [-0.1, -0.05) is 5.16 Å². The van der Waals surface area contributed by atoms with Crippen LogP contribution in [0.1, 0.15) is 11.1 Å². The number of benzene rings is 2. The van der Waals surface area contributed by atoms with Gasteiger partial charge in [-0.15, -0.1) is 0 Å². The number of nitrogens with zero attached hydrogens (tertiary/aromatic N) is 2. The highest BCUT2D eigenvalue weighted by atomic mass is 16.6. The third kappa shape index (κ3) is 4.44. The fourth-order valence-electron chi connectivity index (χ4n) is 1.87. The van der Waals surface area contributed by atoms with Gasteiger partial charge in [-0.3, -0.25) is 10.1 Å². The standard InChI is InChI=1S/C16H16N2O5/c1-21-15-8-5-13(10-17-22-2)9-16(15)23-11-12-3-6-14(7-4-12)18(19)20/h3-10H,11H2,1-2H3. The van der Waals surface area contributed by atoms with Crippen molar-refractivity contribution in [2.24, 2.45) is 5.16 Å².